The minimum atomic E-state index is -1.82. The van der Waals surface area contributed by atoms with Gasteiger partial charge in [-0.25, -0.2) is 0 Å². The van der Waals surface area contributed by atoms with Gasteiger partial charge in [-0.3, -0.25) is 19.5 Å². The van der Waals surface area contributed by atoms with Gasteiger partial charge in [-0.2, -0.15) is 15.6 Å². The molecular weight excluding hydrogens is 366 g/mol. The fourth-order valence-electron chi connectivity index (χ4n) is 4.72. The molecule has 0 spiro atoms. The van der Waals surface area contributed by atoms with Gasteiger partial charge >= 0.3 is 0 Å². The molecule has 0 saturated carbocycles. The number of carbonyl (C=O) groups is 2. The predicted molar refractivity (Wildman–Crippen MR) is 102 cm³/mol. The summed E-state index contributed by atoms with van der Waals surface area (Å²) in [6.07, 6.45) is 1.58. The monoisotopic (exact) mass is 381 g/mol. The van der Waals surface area contributed by atoms with Gasteiger partial charge in [-0.05, 0) is 16.7 Å². The Kier molecular flexibility index (Phi) is 3.56. The van der Waals surface area contributed by atoms with Gasteiger partial charge in [0, 0.05) is 0 Å². The van der Waals surface area contributed by atoms with E-state index in [-0.39, 0.29) is 12.5 Å². The van der Waals surface area contributed by atoms with Crippen LogP contribution in [0.3, 0.4) is 0 Å². The van der Waals surface area contributed by atoms with E-state index >= 15 is 0 Å². The van der Waals surface area contributed by atoms with Gasteiger partial charge in [0.25, 0.3) is 0 Å². The lowest BCUT2D eigenvalue weighted by Gasteiger charge is -2.35. The Balaban J connectivity index is 1.64. The van der Waals surface area contributed by atoms with Crippen LogP contribution in [0.5, 0.6) is 0 Å². The first-order valence-corrected chi connectivity index (χ1v) is 9.26. The second kappa shape index (κ2) is 6.02. The molecule has 3 aliphatic heterocycles. The zero-order chi connectivity index (χ0) is 20.2. The topological polar surface area (TPSA) is 101 Å². The standard InChI is InChI=1S/C22H15N5O2/c23-12-22(13-24)18-17(19-16-9-5-4-8-15(16)10-25-27(19)22)20(28)26(21(18)29)11-14-6-2-1-3-7-14/h1-10,17-19H,11H2/t17-,18-,19-/m1/s1. The van der Waals surface area contributed by atoms with E-state index in [0.717, 1.165) is 16.7 Å². The molecule has 5 rings (SSSR count). The number of hydrogen-bond acceptors (Lipinski definition) is 6. The van der Waals surface area contributed by atoms with Crippen LogP contribution in [0.2, 0.25) is 0 Å². The van der Waals surface area contributed by atoms with E-state index in [1.807, 2.05) is 66.7 Å². The van der Waals surface area contributed by atoms with E-state index in [0.29, 0.717) is 0 Å². The van der Waals surface area contributed by atoms with Gasteiger partial charge in [0.05, 0.1) is 24.7 Å². The summed E-state index contributed by atoms with van der Waals surface area (Å²) in [7, 11) is 0. The van der Waals surface area contributed by atoms with Gasteiger partial charge in [0.2, 0.25) is 17.4 Å². The third kappa shape index (κ3) is 2.13. The molecular formula is C22H15N5O2. The van der Waals surface area contributed by atoms with Gasteiger partial charge < -0.3 is 0 Å². The molecule has 29 heavy (non-hydrogen) atoms. The number of imide groups is 1. The Hall–Kier alpha value is -3.97. The van der Waals surface area contributed by atoms with Crippen molar-refractivity contribution in [1.82, 2.24) is 9.91 Å². The molecule has 3 atom stereocenters. The maximum atomic E-state index is 13.4. The second-order valence-electron chi connectivity index (χ2n) is 7.40. The van der Waals surface area contributed by atoms with Crippen molar-refractivity contribution in [2.45, 2.75) is 18.1 Å². The number of likely N-dealkylation sites (tertiary alicyclic amines) is 1. The normalized spacial score (nSPS) is 25.8. The highest BCUT2D eigenvalue weighted by Gasteiger charge is 2.71. The summed E-state index contributed by atoms with van der Waals surface area (Å²) in [6.45, 7) is 0.121. The number of benzene rings is 2. The number of nitriles is 2. The maximum Gasteiger partial charge on any atom is 0.242 e. The highest BCUT2D eigenvalue weighted by atomic mass is 16.2. The average Bonchev–Trinajstić information content (AvgIpc) is 3.20. The molecule has 0 unspecified atom stereocenters. The van der Waals surface area contributed by atoms with E-state index in [9.17, 15) is 20.1 Å². The van der Waals surface area contributed by atoms with Gasteiger partial charge in [-0.15, -0.1) is 0 Å². The zero-order valence-electron chi connectivity index (χ0n) is 15.3. The summed E-state index contributed by atoms with van der Waals surface area (Å²) in [5.41, 5.74) is 0.610. The lowest BCUT2D eigenvalue weighted by atomic mass is 9.80. The molecule has 0 radical (unpaired) electrons. The first-order valence-electron chi connectivity index (χ1n) is 9.26. The third-order valence-electron chi connectivity index (χ3n) is 6.02. The van der Waals surface area contributed by atoms with Crippen molar-refractivity contribution in [1.29, 1.82) is 10.5 Å². The molecule has 3 heterocycles. The van der Waals surface area contributed by atoms with Crippen molar-refractivity contribution in [3.05, 3.63) is 71.3 Å². The minimum Gasteiger partial charge on any atom is -0.277 e. The fraction of sp³-hybridized carbons (Fsp3) is 0.227. The first kappa shape index (κ1) is 17.2. The van der Waals surface area contributed by atoms with Crippen molar-refractivity contribution in [2.75, 3.05) is 0 Å². The van der Waals surface area contributed by atoms with E-state index in [4.69, 9.17) is 0 Å². The quantitative estimate of drug-likeness (QED) is 0.741. The molecule has 0 N–H and O–H groups in total. The smallest absolute Gasteiger partial charge is 0.242 e. The summed E-state index contributed by atoms with van der Waals surface area (Å²) >= 11 is 0. The number of fused-ring (bicyclic) bond motifs is 5. The van der Waals surface area contributed by atoms with Gasteiger partial charge in [-0.1, -0.05) is 54.6 Å². The Morgan fingerprint density at radius 2 is 1.66 bits per heavy atom. The van der Waals surface area contributed by atoms with Crippen LogP contribution in [0.15, 0.2) is 59.7 Å². The molecule has 2 saturated heterocycles. The zero-order valence-corrected chi connectivity index (χ0v) is 15.3. The fourth-order valence-corrected chi connectivity index (χ4v) is 4.72. The lowest BCUT2D eigenvalue weighted by molar-refractivity contribution is -0.142. The highest BCUT2D eigenvalue weighted by Crippen LogP contribution is 2.56. The SMILES string of the molecule is N#CC1(C#N)[C@H]2C(=O)N(Cc3ccccc3)C(=O)[C@H]2[C@H]2c3ccccc3C=NN21. The van der Waals surface area contributed by atoms with Crippen molar-refractivity contribution >= 4 is 18.0 Å². The molecule has 3 aliphatic rings. The summed E-state index contributed by atoms with van der Waals surface area (Å²) < 4.78 is 0. The number of nitrogens with zero attached hydrogens (tertiary/aromatic N) is 5. The number of hydrogen-bond donors (Lipinski definition) is 0. The van der Waals surface area contributed by atoms with Gasteiger partial charge in [0.15, 0.2) is 0 Å². The van der Waals surface area contributed by atoms with E-state index < -0.39 is 29.3 Å². The summed E-state index contributed by atoms with van der Waals surface area (Å²) in [4.78, 5) is 27.9. The van der Waals surface area contributed by atoms with E-state index in [1.54, 1.807) is 6.21 Å². The van der Waals surface area contributed by atoms with Crippen LogP contribution in [0.4, 0.5) is 0 Å². The molecule has 2 fully saturated rings. The average molecular weight is 381 g/mol. The predicted octanol–water partition coefficient (Wildman–Crippen LogP) is 1.98. The Labute approximate surface area is 167 Å². The van der Waals surface area contributed by atoms with Crippen LogP contribution < -0.4 is 0 Å². The van der Waals surface area contributed by atoms with E-state index in [2.05, 4.69) is 5.10 Å². The second-order valence-corrected chi connectivity index (χ2v) is 7.40. The Morgan fingerprint density at radius 1 is 0.966 bits per heavy atom. The molecule has 0 aliphatic carbocycles. The molecule has 140 valence electrons. The molecule has 2 amide bonds. The van der Waals surface area contributed by atoms with Crippen LogP contribution in [-0.2, 0) is 16.1 Å². The van der Waals surface area contributed by atoms with Crippen LogP contribution >= 0.6 is 0 Å². The molecule has 0 bridgehead atoms. The number of carbonyl (C=O) groups excluding carboxylic acids is 2. The molecule has 7 heteroatoms. The van der Waals surface area contributed by atoms with Crippen molar-refractivity contribution in [2.24, 2.45) is 16.9 Å². The number of rotatable bonds is 2. The van der Waals surface area contributed by atoms with Crippen LogP contribution in [0.1, 0.15) is 22.7 Å². The van der Waals surface area contributed by atoms with Gasteiger partial charge in [0.1, 0.15) is 18.1 Å². The Morgan fingerprint density at radius 3 is 2.38 bits per heavy atom. The lowest BCUT2D eigenvalue weighted by Crippen LogP contribution is -2.48. The minimum absolute atomic E-state index is 0.121. The number of amides is 2. The Bertz CT molecular complexity index is 1130. The third-order valence-corrected chi connectivity index (χ3v) is 6.02. The van der Waals surface area contributed by atoms with Crippen molar-refractivity contribution < 1.29 is 9.59 Å². The maximum absolute atomic E-state index is 13.4. The van der Waals surface area contributed by atoms with Crippen molar-refractivity contribution in [3.8, 4) is 12.1 Å². The largest absolute Gasteiger partial charge is 0.277 e. The van der Waals surface area contributed by atoms with Crippen LogP contribution in [0, 0.1) is 34.5 Å². The highest BCUT2D eigenvalue weighted by molar-refractivity contribution is 6.07. The molecule has 2 aromatic rings. The number of hydrazone groups is 1. The molecule has 2 aromatic carbocycles. The first-order chi connectivity index (χ1) is 14.1. The van der Waals surface area contributed by atoms with E-state index in [1.165, 1.54) is 9.91 Å². The van der Waals surface area contributed by atoms with Crippen LogP contribution in [0.25, 0.3) is 0 Å². The summed E-state index contributed by atoms with van der Waals surface area (Å²) in [5.74, 6) is -2.77. The summed E-state index contributed by atoms with van der Waals surface area (Å²) in [5, 5.41) is 25.6. The van der Waals surface area contributed by atoms with Crippen LogP contribution in [-0.4, -0.2) is 33.5 Å². The van der Waals surface area contributed by atoms with Crippen molar-refractivity contribution in [3.63, 3.8) is 0 Å². The molecule has 7 nitrogen and oxygen atoms in total. The summed E-state index contributed by atoms with van der Waals surface area (Å²) in [6, 6.07) is 20.0. The molecule has 0 aromatic heterocycles.